The molecule has 6 bridgehead atoms. The maximum atomic E-state index is 14.1. The summed E-state index contributed by atoms with van der Waals surface area (Å²) >= 11 is 0. The Hall–Kier alpha value is -2.11. The maximum Gasteiger partial charge on any atom is 0.308 e. The van der Waals surface area contributed by atoms with E-state index in [-0.39, 0.29) is 72.5 Å². The molecular weight excluding hydrogens is 977 g/mol. The Kier molecular flexibility index (Phi) is 13.8. The number of carbonyl (C=O) groups excluding carboxylic acids is 3. The van der Waals surface area contributed by atoms with E-state index in [1.165, 1.54) is 0 Å². The Labute approximate surface area is 441 Å². The normalized spacial score (nSPS) is 52.9. The minimum atomic E-state index is -1.54. The maximum absolute atomic E-state index is 14.1. The number of aliphatic hydroxyl groups is 1. The Morgan fingerprint density at radius 2 is 0.733 bits per heavy atom. The molecule has 12 heterocycles. The van der Waals surface area contributed by atoms with Crippen LogP contribution in [0.4, 0.5) is 0 Å². The quantitative estimate of drug-likeness (QED) is 0.107. The van der Waals surface area contributed by atoms with Gasteiger partial charge in [0.15, 0.2) is 35.7 Å². The molecule has 3 spiro atoms. The second-order valence-corrected chi connectivity index (χ2v) is 26.6. The van der Waals surface area contributed by atoms with E-state index in [1.54, 1.807) is 0 Å². The highest BCUT2D eigenvalue weighted by Crippen LogP contribution is 2.64. The Bertz CT molecular complexity index is 1950. The molecule has 12 aliphatic heterocycles. The van der Waals surface area contributed by atoms with Crippen molar-refractivity contribution in [2.45, 2.75) is 230 Å². The van der Waals surface area contributed by atoms with Gasteiger partial charge in [0.2, 0.25) is 17.4 Å². The van der Waals surface area contributed by atoms with Crippen molar-refractivity contribution >= 4 is 17.9 Å². The van der Waals surface area contributed by atoms with Crippen molar-refractivity contribution in [1.82, 2.24) is 0 Å². The summed E-state index contributed by atoms with van der Waals surface area (Å²) in [7, 11) is 0. The zero-order valence-corrected chi connectivity index (χ0v) is 45.6. The van der Waals surface area contributed by atoms with Crippen LogP contribution in [0, 0.1) is 76.4 Å². The summed E-state index contributed by atoms with van der Waals surface area (Å²) in [5, 5.41) is 11.3. The zero-order chi connectivity index (χ0) is 52.7. The van der Waals surface area contributed by atoms with Gasteiger partial charge in [-0.25, -0.2) is 29.3 Å². The van der Waals surface area contributed by atoms with Gasteiger partial charge < -0.3 is 47.7 Å². The van der Waals surface area contributed by atoms with E-state index in [1.807, 2.05) is 20.8 Å². The number of ether oxygens (including phenoxy) is 9. The summed E-state index contributed by atoms with van der Waals surface area (Å²) < 4.78 is 57.8. The fourth-order valence-corrected chi connectivity index (χ4v) is 17.3. The number of rotatable bonds is 13. The summed E-state index contributed by atoms with van der Waals surface area (Å²) in [4.78, 5) is 79.3. The van der Waals surface area contributed by atoms with E-state index >= 15 is 0 Å². The van der Waals surface area contributed by atoms with Crippen LogP contribution in [0.2, 0.25) is 0 Å². The standard InChI is InChI=1S/C56H84O19/c1-29-10-13-38-32(4)41(64-47-54(38)35(29)16-19-50(7,67-47)70-73-54)22-44(58)61-26-53(25-57,27-62-45(59)23-42-33(5)39-14-11-30(2)36-17-20-51(8)68-48(65-42)55(36,39)74-71-51)28-63-46(60)24-43-34(6)40-15-12-31(3)37-18-21-52(9)69-49(66-43)56(37,40)75-72-52/h29-43,47-49,57H,10-28H2,1-9H3/t29-,30-,31-,32-,33-,34-,35+,36+,37+,38+,39+,40+,41?,42?,43?,47-,48-,49-,50+,51+,52+,53?,54-,55-,56-/m1/s1. The highest BCUT2D eigenvalue weighted by Gasteiger charge is 2.72. The van der Waals surface area contributed by atoms with E-state index in [4.69, 9.17) is 72.0 Å². The second-order valence-electron chi connectivity index (χ2n) is 26.6. The van der Waals surface area contributed by atoms with Gasteiger partial charge in [-0.05, 0) is 132 Å². The van der Waals surface area contributed by atoms with Gasteiger partial charge in [-0.1, -0.05) is 41.5 Å². The Morgan fingerprint density at radius 3 is 1.01 bits per heavy atom. The van der Waals surface area contributed by atoms with Crippen LogP contribution >= 0.6 is 0 Å². The third-order valence-electron chi connectivity index (χ3n) is 21.9. The SMILES string of the molecule is C[C@@H]1CC[C@H]2[C@@H](C)C(CC(=O)OCC(CO)(COC(=O)CC3O[C@@H]4O[C@]5(C)CC[C@H]6[C@H](C)CC[C@@H]([C@H]3C)[C@@]46OO5)COC(=O)CC3O[C@@H]4O[C@]5(C)CC[C@H]6[C@H](C)CC[C@@H]([C@H]3C)[C@@]46OO5)O[C@@H]3O[C@]4(C)CC[C@@H]1[C@]32OO4. The van der Waals surface area contributed by atoms with Crippen molar-refractivity contribution in [3.05, 3.63) is 0 Å². The lowest BCUT2D eigenvalue weighted by atomic mass is 9.57. The number of esters is 3. The molecule has 0 aromatic heterocycles. The van der Waals surface area contributed by atoms with Crippen LogP contribution in [-0.2, 0) is 86.3 Å². The van der Waals surface area contributed by atoms with Gasteiger partial charge in [0.25, 0.3) is 0 Å². The van der Waals surface area contributed by atoms with Gasteiger partial charge >= 0.3 is 17.9 Å². The zero-order valence-electron chi connectivity index (χ0n) is 45.6. The average Bonchev–Trinajstić information content (AvgIpc) is 4.03. The van der Waals surface area contributed by atoms with Crippen LogP contribution in [-0.4, -0.2) is 121 Å². The highest BCUT2D eigenvalue weighted by molar-refractivity contribution is 5.71. The van der Waals surface area contributed by atoms with Crippen LogP contribution in [0.15, 0.2) is 0 Å². The minimum Gasteiger partial charge on any atom is -0.465 e. The molecule has 19 nitrogen and oxygen atoms in total. The van der Waals surface area contributed by atoms with Gasteiger partial charge in [-0.3, -0.25) is 14.4 Å². The van der Waals surface area contributed by atoms with Gasteiger partial charge in [0.05, 0.1) is 49.6 Å². The molecule has 3 saturated carbocycles. The number of aliphatic hydroxyl groups excluding tert-OH is 1. The lowest BCUT2D eigenvalue weighted by molar-refractivity contribution is -0.571. The first-order valence-corrected chi connectivity index (χ1v) is 28.9. The molecule has 19 heteroatoms. The summed E-state index contributed by atoms with van der Waals surface area (Å²) in [6.45, 7) is 16.7. The van der Waals surface area contributed by atoms with Gasteiger partial charge in [-0.15, -0.1) is 0 Å². The van der Waals surface area contributed by atoms with Gasteiger partial charge in [-0.2, -0.15) is 0 Å². The molecule has 0 aromatic carbocycles. The van der Waals surface area contributed by atoms with Crippen molar-refractivity contribution in [2.24, 2.45) is 76.4 Å². The third-order valence-corrected chi connectivity index (χ3v) is 21.9. The molecule has 0 radical (unpaired) electrons. The Balaban J connectivity index is 0.740. The van der Waals surface area contributed by atoms with Crippen molar-refractivity contribution in [3.8, 4) is 0 Å². The van der Waals surface area contributed by atoms with E-state index < -0.39 is 121 Å². The van der Waals surface area contributed by atoms with Crippen molar-refractivity contribution in [2.75, 3.05) is 26.4 Å². The van der Waals surface area contributed by atoms with E-state index in [0.717, 1.165) is 57.8 Å². The largest absolute Gasteiger partial charge is 0.465 e. The van der Waals surface area contributed by atoms with Crippen molar-refractivity contribution < 1.29 is 91.4 Å². The fourth-order valence-electron chi connectivity index (χ4n) is 17.3. The molecule has 422 valence electrons. The molecule has 15 fully saturated rings. The number of carbonyl (C=O) groups is 3. The van der Waals surface area contributed by atoms with Crippen LogP contribution in [0.3, 0.4) is 0 Å². The molecular formula is C56H84O19. The summed E-state index contributed by atoms with van der Waals surface area (Å²) in [6.07, 6.45) is 5.96. The van der Waals surface area contributed by atoms with E-state index in [9.17, 15) is 19.5 Å². The monoisotopic (exact) mass is 1060 g/mol. The smallest absolute Gasteiger partial charge is 0.308 e. The first-order chi connectivity index (χ1) is 35.7. The first kappa shape index (κ1) is 53.5. The topological polar surface area (TPSA) is 210 Å². The molecule has 15 rings (SSSR count). The molecule has 12 saturated heterocycles. The predicted octanol–water partition coefficient (Wildman–Crippen LogP) is 7.52. The lowest BCUT2D eigenvalue weighted by Gasteiger charge is -2.60. The summed E-state index contributed by atoms with van der Waals surface area (Å²) in [6, 6.07) is 0. The molecule has 1 N–H and O–H groups in total. The summed E-state index contributed by atoms with van der Waals surface area (Å²) in [5.74, 6) is -3.41. The van der Waals surface area contributed by atoms with E-state index in [2.05, 4.69) is 41.5 Å². The van der Waals surface area contributed by atoms with Crippen LogP contribution in [0.25, 0.3) is 0 Å². The van der Waals surface area contributed by atoms with Crippen LogP contribution < -0.4 is 0 Å². The number of hydrogen-bond donors (Lipinski definition) is 1. The number of fused-ring (bicyclic) bond motifs is 6. The van der Waals surface area contributed by atoms with Crippen molar-refractivity contribution in [3.63, 3.8) is 0 Å². The van der Waals surface area contributed by atoms with E-state index in [0.29, 0.717) is 37.0 Å². The Morgan fingerprint density at radius 1 is 0.440 bits per heavy atom. The molecule has 0 amide bonds. The molecule has 3 unspecified atom stereocenters. The summed E-state index contributed by atoms with van der Waals surface area (Å²) in [5.41, 5.74) is -3.93. The third kappa shape index (κ3) is 8.62. The lowest BCUT2D eigenvalue weighted by Crippen LogP contribution is -2.70. The van der Waals surface area contributed by atoms with Crippen molar-refractivity contribution in [1.29, 1.82) is 0 Å². The highest BCUT2D eigenvalue weighted by atomic mass is 17.3. The van der Waals surface area contributed by atoms with Gasteiger partial charge in [0, 0.05) is 37.0 Å². The molecule has 0 aromatic rings. The van der Waals surface area contributed by atoms with Gasteiger partial charge in [0.1, 0.15) is 19.8 Å². The van der Waals surface area contributed by atoms with Crippen LogP contribution in [0.5, 0.6) is 0 Å². The molecule has 3 aliphatic carbocycles. The average molecular weight is 1060 g/mol. The number of hydrogen-bond acceptors (Lipinski definition) is 19. The fraction of sp³-hybridized carbons (Fsp3) is 0.946. The van der Waals surface area contributed by atoms with Crippen LogP contribution in [0.1, 0.15) is 159 Å². The predicted molar refractivity (Wildman–Crippen MR) is 257 cm³/mol. The minimum absolute atomic E-state index is 0.00341. The molecule has 24 atom stereocenters. The molecule has 15 aliphatic rings. The molecule has 75 heavy (non-hydrogen) atoms. The first-order valence-electron chi connectivity index (χ1n) is 28.9. The second kappa shape index (κ2) is 19.3.